The molecule has 0 unspecified atom stereocenters. The van der Waals surface area contributed by atoms with E-state index >= 15 is 0 Å². The van der Waals surface area contributed by atoms with Crippen LogP contribution in [0, 0.1) is 15.9 Å². The van der Waals surface area contributed by atoms with Crippen molar-refractivity contribution < 1.29 is 27.3 Å². The summed E-state index contributed by atoms with van der Waals surface area (Å²) < 4.78 is 52.6. The predicted molar refractivity (Wildman–Crippen MR) is 115 cm³/mol. The standard InChI is InChI=1S/C23H23F4N3O3/c1-15-13-29(16(2)12-28(15)14-18-3-7-19(24)8-4-18)22(31)10-6-17-5-9-21(30(32)33)20(11-17)23(25,26)27/h3-11,15-16H,12-14H2,1-2H3/b10-6+/t15-,16+/m1/s1. The van der Waals surface area contributed by atoms with Crippen molar-refractivity contribution in [2.75, 3.05) is 13.1 Å². The lowest BCUT2D eigenvalue weighted by Crippen LogP contribution is -2.57. The number of hydrogen-bond donors (Lipinski definition) is 0. The summed E-state index contributed by atoms with van der Waals surface area (Å²) in [7, 11) is 0. The van der Waals surface area contributed by atoms with E-state index < -0.39 is 22.4 Å². The minimum Gasteiger partial charge on any atom is -0.334 e. The fourth-order valence-corrected chi connectivity index (χ4v) is 3.86. The highest BCUT2D eigenvalue weighted by Gasteiger charge is 2.38. The zero-order valence-corrected chi connectivity index (χ0v) is 18.1. The second-order valence-electron chi connectivity index (χ2n) is 8.11. The van der Waals surface area contributed by atoms with Crippen LogP contribution in [-0.2, 0) is 17.5 Å². The third-order valence-electron chi connectivity index (χ3n) is 5.64. The molecule has 33 heavy (non-hydrogen) atoms. The molecule has 0 bridgehead atoms. The highest BCUT2D eigenvalue weighted by atomic mass is 19.4. The molecule has 1 heterocycles. The maximum Gasteiger partial charge on any atom is 0.423 e. The third kappa shape index (κ3) is 5.95. The van der Waals surface area contributed by atoms with Gasteiger partial charge in [0.25, 0.3) is 5.69 Å². The Morgan fingerprint density at radius 1 is 1.12 bits per heavy atom. The number of carbonyl (C=O) groups is 1. The second kappa shape index (κ2) is 9.70. The fraction of sp³-hybridized carbons (Fsp3) is 0.348. The summed E-state index contributed by atoms with van der Waals surface area (Å²) in [5, 5.41) is 10.9. The van der Waals surface area contributed by atoms with Gasteiger partial charge in [-0.25, -0.2) is 4.39 Å². The van der Waals surface area contributed by atoms with Crippen LogP contribution in [-0.4, -0.2) is 45.8 Å². The normalized spacial score (nSPS) is 19.8. The molecule has 1 aliphatic heterocycles. The van der Waals surface area contributed by atoms with Crippen LogP contribution in [0.15, 0.2) is 48.5 Å². The van der Waals surface area contributed by atoms with E-state index in [4.69, 9.17) is 0 Å². The van der Waals surface area contributed by atoms with Gasteiger partial charge >= 0.3 is 6.18 Å². The molecule has 0 aliphatic carbocycles. The summed E-state index contributed by atoms with van der Waals surface area (Å²) in [6.07, 6.45) is -2.48. The van der Waals surface area contributed by atoms with Crippen molar-refractivity contribution in [2.45, 2.75) is 38.7 Å². The first-order valence-electron chi connectivity index (χ1n) is 10.3. The van der Waals surface area contributed by atoms with Gasteiger partial charge in [-0.1, -0.05) is 12.1 Å². The number of rotatable bonds is 5. The van der Waals surface area contributed by atoms with Crippen LogP contribution in [0.25, 0.3) is 6.08 Å². The van der Waals surface area contributed by atoms with Crippen molar-refractivity contribution in [3.8, 4) is 0 Å². The lowest BCUT2D eigenvalue weighted by Gasteiger charge is -2.44. The Bertz CT molecular complexity index is 1050. The van der Waals surface area contributed by atoms with E-state index in [1.807, 2.05) is 13.8 Å². The highest BCUT2D eigenvalue weighted by molar-refractivity contribution is 5.92. The number of piperazine rings is 1. The average Bonchev–Trinajstić information content (AvgIpc) is 2.75. The number of carbonyl (C=O) groups excluding carboxylic acids is 1. The summed E-state index contributed by atoms with van der Waals surface area (Å²) >= 11 is 0. The van der Waals surface area contributed by atoms with Gasteiger partial charge in [0.1, 0.15) is 11.4 Å². The summed E-state index contributed by atoms with van der Waals surface area (Å²) in [5.41, 5.74) is -1.41. The van der Waals surface area contributed by atoms with Crippen molar-refractivity contribution in [3.63, 3.8) is 0 Å². The molecule has 176 valence electrons. The van der Waals surface area contributed by atoms with Gasteiger partial charge in [-0.05, 0) is 55.3 Å². The monoisotopic (exact) mass is 465 g/mol. The smallest absolute Gasteiger partial charge is 0.334 e. The number of nitro benzene ring substituents is 1. The van der Waals surface area contributed by atoms with Crippen LogP contribution < -0.4 is 0 Å². The van der Waals surface area contributed by atoms with Crippen molar-refractivity contribution in [1.82, 2.24) is 9.80 Å². The molecule has 0 N–H and O–H groups in total. The molecule has 1 amide bonds. The summed E-state index contributed by atoms with van der Waals surface area (Å²) in [5.74, 6) is -0.666. The van der Waals surface area contributed by atoms with E-state index in [0.717, 1.165) is 11.6 Å². The minimum atomic E-state index is -4.89. The molecule has 2 aromatic carbocycles. The fourth-order valence-electron chi connectivity index (χ4n) is 3.86. The van der Waals surface area contributed by atoms with Gasteiger partial charge in [-0.15, -0.1) is 0 Å². The first-order valence-corrected chi connectivity index (χ1v) is 10.3. The lowest BCUT2D eigenvalue weighted by molar-refractivity contribution is -0.388. The van der Waals surface area contributed by atoms with E-state index in [1.165, 1.54) is 30.4 Å². The summed E-state index contributed by atoms with van der Waals surface area (Å²) in [6, 6.07) is 8.71. The van der Waals surface area contributed by atoms with Crippen LogP contribution in [0.2, 0.25) is 0 Å². The van der Waals surface area contributed by atoms with Crippen LogP contribution >= 0.6 is 0 Å². The van der Waals surface area contributed by atoms with E-state index in [1.54, 1.807) is 17.0 Å². The van der Waals surface area contributed by atoms with Crippen molar-refractivity contribution in [1.29, 1.82) is 0 Å². The Balaban J connectivity index is 1.69. The van der Waals surface area contributed by atoms with Gasteiger partial charge in [0.2, 0.25) is 5.91 Å². The maximum atomic E-state index is 13.2. The van der Waals surface area contributed by atoms with Gasteiger partial charge in [-0.3, -0.25) is 19.8 Å². The maximum absolute atomic E-state index is 13.2. The topological polar surface area (TPSA) is 66.7 Å². The summed E-state index contributed by atoms with van der Waals surface area (Å²) in [4.78, 5) is 26.3. The van der Waals surface area contributed by atoms with E-state index in [0.29, 0.717) is 25.7 Å². The van der Waals surface area contributed by atoms with Gasteiger partial charge < -0.3 is 4.90 Å². The van der Waals surface area contributed by atoms with Crippen molar-refractivity contribution in [2.24, 2.45) is 0 Å². The Hall–Kier alpha value is -3.27. The molecular formula is C23H23F4N3O3. The first kappa shape index (κ1) is 24.4. The quantitative estimate of drug-likeness (QED) is 0.273. The zero-order valence-electron chi connectivity index (χ0n) is 18.1. The van der Waals surface area contributed by atoms with Crippen molar-refractivity contribution in [3.05, 3.63) is 81.2 Å². The number of benzene rings is 2. The Morgan fingerprint density at radius 3 is 2.39 bits per heavy atom. The Labute approximate surface area is 188 Å². The predicted octanol–water partition coefficient (Wildman–Crippen LogP) is 4.89. The molecule has 2 atom stereocenters. The number of halogens is 4. The molecule has 1 aliphatic rings. The van der Waals surface area contributed by atoms with E-state index in [-0.39, 0.29) is 29.4 Å². The highest BCUT2D eigenvalue weighted by Crippen LogP contribution is 2.36. The summed E-state index contributed by atoms with van der Waals surface area (Å²) in [6.45, 7) is 5.44. The van der Waals surface area contributed by atoms with Crippen LogP contribution in [0.5, 0.6) is 0 Å². The largest absolute Gasteiger partial charge is 0.423 e. The number of alkyl halides is 3. The zero-order chi connectivity index (χ0) is 24.3. The molecule has 1 fully saturated rings. The lowest BCUT2D eigenvalue weighted by atomic mass is 10.1. The van der Waals surface area contributed by atoms with Gasteiger partial charge in [-0.2, -0.15) is 13.2 Å². The van der Waals surface area contributed by atoms with Gasteiger partial charge in [0.15, 0.2) is 0 Å². The number of nitro groups is 1. The molecule has 10 heteroatoms. The molecule has 2 aromatic rings. The SMILES string of the molecule is C[C@@H]1CN(C(=O)/C=C/c2ccc([N+](=O)[O-])c(C(F)(F)F)c2)[C@@H](C)CN1Cc1ccc(F)cc1. The minimum absolute atomic E-state index is 0.0137. The molecule has 0 spiro atoms. The number of amides is 1. The molecule has 0 saturated carbocycles. The van der Waals surface area contributed by atoms with E-state index in [2.05, 4.69) is 4.90 Å². The molecule has 6 nitrogen and oxygen atoms in total. The van der Waals surface area contributed by atoms with Gasteiger partial charge in [0.05, 0.1) is 4.92 Å². The molecule has 0 aromatic heterocycles. The van der Waals surface area contributed by atoms with Crippen molar-refractivity contribution >= 4 is 17.7 Å². The Kier molecular flexibility index (Phi) is 7.16. The van der Waals surface area contributed by atoms with E-state index in [9.17, 15) is 32.5 Å². The molecule has 1 saturated heterocycles. The second-order valence-corrected chi connectivity index (χ2v) is 8.11. The van der Waals surface area contributed by atoms with Crippen LogP contribution in [0.4, 0.5) is 23.2 Å². The van der Waals surface area contributed by atoms with Crippen LogP contribution in [0.3, 0.4) is 0 Å². The first-order chi connectivity index (χ1) is 15.5. The number of nitrogens with zero attached hydrogens (tertiary/aromatic N) is 3. The Morgan fingerprint density at radius 2 is 1.79 bits per heavy atom. The van der Waals surface area contributed by atoms with Crippen LogP contribution in [0.1, 0.15) is 30.5 Å². The molecule has 3 rings (SSSR count). The molecule has 0 radical (unpaired) electrons. The van der Waals surface area contributed by atoms with Gasteiger partial charge in [0, 0.05) is 43.9 Å². The number of hydrogen-bond acceptors (Lipinski definition) is 4. The average molecular weight is 465 g/mol. The molecular weight excluding hydrogens is 442 g/mol. The third-order valence-corrected chi connectivity index (χ3v) is 5.64.